The highest BCUT2D eigenvalue weighted by Crippen LogP contribution is 2.17. The van der Waals surface area contributed by atoms with Gasteiger partial charge in [-0.05, 0) is 24.3 Å². The van der Waals surface area contributed by atoms with E-state index in [0.29, 0.717) is 10.7 Å². The first-order valence-corrected chi connectivity index (χ1v) is 5.75. The molecule has 2 aromatic carbocycles. The topological polar surface area (TPSA) is 72.2 Å². The van der Waals surface area contributed by atoms with E-state index in [1.807, 2.05) is 0 Å². The van der Waals surface area contributed by atoms with Crippen LogP contribution in [0.25, 0.3) is 0 Å². The van der Waals surface area contributed by atoms with Gasteiger partial charge in [0.15, 0.2) is 0 Å². The van der Waals surface area contributed by atoms with Gasteiger partial charge in [-0.3, -0.25) is 14.9 Å². The molecule has 0 atom stereocenters. The lowest BCUT2D eigenvalue weighted by molar-refractivity contribution is -0.384. The zero-order valence-electron chi connectivity index (χ0n) is 9.67. The van der Waals surface area contributed by atoms with Crippen LogP contribution in [0.15, 0.2) is 48.5 Å². The number of non-ortho nitro benzene ring substituents is 1. The SMILES string of the molecule is O=C(Nc1cccc(Cl)c1)c1cccc([N+](=O)[O-])c1. The van der Waals surface area contributed by atoms with Gasteiger partial charge in [0.1, 0.15) is 0 Å². The zero-order valence-corrected chi connectivity index (χ0v) is 10.4. The van der Waals surface area contributed by atoms with Gasteiger partial charge >= 0.3 is 0 Å². The normalized spacial score (nSPS) is 9.95. The number of nitro benzene ring substituents is 1. The molecule has 0 bridgehead atoms. The van der Waals surface area contributed by atoms with Gasteiger partial charge in [-0.2, -0.15) is 0 Å². The van der Waals surface area contributed by atoms with Crippen molar-refractivity contribution in [2.45, 2.75) is 0 Å². The lowest BCUT2D eigenvalue weighted by Gasteiger charge is -2.05. The molecule has 0 fully saturated rings. The van der Waals surface area contributed by atoms with Crippen LogP contribution < -0.4 is 5.32 Å². The maximum absolute atomic E-state index is 11.9. The Morgan fingerprint density at radius 1 is 1.16 bits per heavy atom. The van der Waals surface area contributed by atoms with E-state index in [1.54, 1.807) is 24.3 Å². The third-order valence-electron chi connectivity index (χ3n) is 2.40. The van der Waals surface area contributed by atoms with Crippen molar-refractivity contribution in [2.75, 3.05) is 5.32 Å². The summed E-state index contributed by atoms with van der Waals surface area (Å²) in [5, 5.41) is 13.8. The number of anilines is 1. The van der Waals surface area contributed by atoms with Gasteiger partial charge in [-0.15, -0.1) is 0 Å². The highest BCUT2D eigenvalue weighted by molar-refractivity contribution is 6.30. The van der Waals surface area contributed by atoms with Crippen LogP contribution in [0.4, 0.5) is 11.4 Å². The number of nitro groups is 1. The Balaban J connectivity index is 2.20. The van der Waals surface area contributed by atoms with E-state index < -0.39 is 10.8 Å². The molecule has 2 aromatic rings. The van der Waals surface area contributed by atoms with Crippen LogP contribution in [0.5, 0.6) is 0 Å². The highest BCUT2D eigenvalue weighted by Gasteiger charge is 2.11. The van der Waals surface area contributed by atoms with E-state index in [-0.39, 0.29) is 11.3 Å². The highest BCUT2D eigenvalue weighted by atomic mass is 35.5. The molecule has 1 N–H and O–H groups in total. The Morgan fingerprint density at radius 3 is 2.58 bits per heavy atom. The smallest absolute Gasteiger partial charge is 0.270 e. The fourth-order valence-corrected chi connectivity index (χ4v) is 1.72. The van der Waals surface area contributed by atoms with E-state index in [9.17, 15) is 14.9 Å². The van der Waals surface area contributed by atoms with Crippen molar-refractivity contribution in [3.05, 3.63) is 69.2 Å². The first-order chi connectivity index (χ1) is 9.06. The average Bonchev–Trinajstić information content (AvgIpc) is 2.39. The molecule has 0 radical (unpaired) electrons. The van der Waals surface area contributed by atoms with Crippen LogP contribution in [0.1, 0.15) is 10.4 Å². The molecular formula is C13H9ClN2O3. The van der Waals surface area contributed by atoms with E-state index >= 15 is 0 Å². The van der Waals surface area contributed by atoms with Gasteiger partial charge < -0.3 is 5.32 Å². The standard InChI is InChI=1S/C13H9ClN2O3/c14-10-4-2-5-11(8-10)15-13(17)9-3-1-6-12(7-9)16(18)19/h1-8H,(H,15,17). The fraction of sp³-hybridized carbons (Fsp3) is 0. The van der Waals surface area contributed by atoms with Gasteiger partial charge in [0.25, 0.3) is 11.6 Å². The molecule has 0 aliphatic heterocycles. The molecule has 2 rings (SSSR count). The number of nitrogens with zero attached hydrogens (tertiary/aromatic N) is 1. The van der Waals surface area contributed by atoms with Crippen LogP contribution in [-0.4, -0.2) is 10.8 Å². The minimum absolute atomic E-state index is 0.126. The molecule has 96 valence electrons. The second-order valence-electron chi connectivity index (χ2n) is 3.77. The lowest BCUT2D eigenvalue weighted by atomic mass is 10.2. The summed E-state index contributed by atoms with van der Waals surface area (Å²) >= 11 is 5.80. The molecule has 0 aromatic heterocycles. The first-order valence-electron chi connectivity index (χ1n) is 5.37. The fourth-order valence-electron chi connectivity index (χ4n) is 1.53. The van der Waals surface area contributed by atoms with Crippen LogP contribution in [0.2, 0.25) is 5.02 Å². The van der Waals surface area contributed by atoms with E-state index in [1.165, 1.54) is 24.3 Å². The molecule has 0 saturated heterocycles. The maximum Gasteiger partial charge on any atom is 0.270 e. The van der Waals surface area contributed by atoms with Crippen molar-refractivity contribution >= 4 is 28.9 Å². The number of halogens is 1. The Bertz CT molecular complexity index is 643. The Kier molecular flexibility index (Phi) is 3.77. The summed E-state index contributed by atoms with van der Waals surface area (Å²) < 4.78 is 0. The summed E-state index contributed by atoms with van der Waals surface area (Å²) in [5.41, 5.74) is 0.622. The summed E-state index contributed by atoms with van der Waals surface area (Å²) in [4.78, 5) is 22.0. The van der Waals surface area contributed by atoms with Crippen molar-refractivity contribution < 1.29 is 9.72 Å². The third-order valence-corrected chi connectivity index (χ3v) is 2.64. The second-order valence-corrected chi connectivity index (χ2v) is 4.21. The minimum Gasteiger partial charge on any atom is -0.322 e. The first kappa shape index (κ1) is 13.0. The van der Waals surface area contributed by atoms with Crippen LogP contribution >= 0.6 is 11.6 Å². The van der Waals surface area contributed by atoms with Crippen molar-refractivity contribution in [3.63, 3.8) is 0 Å². The number of hydrogen-bond acceptors (Lipinski definition) is 3. The summed E-state index contributed by atoms with van der Waals surface area (Å²) in [6, 6.07) is 12.2. The Morgan fingerprint density at radius 2 is 1.89 bits per heavy atom. The van der Waals surface area contributed by atoms with Crippen LogP contribution in [-0.2, 0) is 0 Å². The maximum atomic E-state index is 11.9. The number of hydrogen-bond donors (Lipinski definition) is 1. The largest absolute Gasteiger partial charge is 0.322 e. The van der Waals surface area contributed by atoms with Crippen molar-refractivity contribution in [2.24, 2.45) is 0 Å². The molecule has 5 nitrogen and oxygen atoms in total. The predicted octanol–water partition coefficient (Wildman–Crippen LogP) is 3.50. The molecule has 1 amide bonds. The monoisotopic (exact) mass is 276 g/mol. The number of rotatable bonds is 3. The molecule has 0 spiro atoms. The quantitative estimate of drug-likeness (QED) is 0.689. The number of carbonyl (C=O) groups is 1. The van der Waals surface area contributed by atoms with E-state index in [0.717, 1.165) is 0 Å². The summed E-state index contributed by atoms with van der Waals surface area (Å²) in [6.07, 6.45) is 0. The molecule has 0 unspecified atom stereocenters. The predicted molar refractivity (Wildman–Crippen MR) is 72.5 cm³/mol. The van der Waals surface area contributed by atoms with Gasteiger partial charge in [-0.1, -0.05) is 23.7 Å². The average molecular weight is 277 g/mol. The summed E-state index contributed by atoms with van der Waals surface area (Å²) in [6.45, 7) is 0. The Hall–Kier alpha value is -2.40. The van der Waals surface area contributed by atoms with Crippen LogP contribution in [0.3, 0.4) is 0 Å². The number of carbonyl (C=O) groups excluding carboxylic acids is 1. The van der Waals surface area contributed by atoms with Crippen molar-refractivity contribution in [1.29, 1.82) is 0 Å². The molecule has 0 saturated carbocycles. The number of benzene rings is 2. The zero-order chi connectivity index (χ0) is 13.8. The van der Waals surface area contributed by atoms with Gasteiger partial charge in [-0.25, -0.2) is 0 Å². The molecule has 0 heterocycles. The van der Waals surface area contributed by atoms with Crippen molar-refractivity contribution in [3.8, 4) is 0 Å². The molecule has 6 heteroatoms. The number of amides is 1. The second kappa shape index (κ2) is 5.49. The van der Waals surface area contributed by atoms with E-state index in [4.69, 9.17) is 11.6 Å². The lowest BCUT2D eigenvalue weighted by Crippen LogP contribution is -2.11. The minimum atomic E-state index is -0.545. The number of nitrogens with one attached hydrogen (secondary N) is 1. The molecule has 19 heavy (non-hydrogen) atoms. The molecular weight excluding hydrogens is 268 g/mol. The van der Waals surface area contributed by atoms with Gasteiger partial charge in [0, 0.05) is 28.4 Å². The van der Waals surface area contributed by atoms with Gasteiger partial charge in [0.2, 0.25) is 0 Å². The molecule has 0 aliphatic rings. The summed E-state index contributed by atoms with van der Waals surface area (Å²) in [7, 11) is 0. The third kappa shape index (κ3) is 3.29. The van der Waals surface area contributed by atoms with Crippen LogP contribution in [0, 0.1) is 10.1 Å². The Labute approximate surface area is 114 Å². The summed E-state index contributed by atoms with van der Waals surface area (Å²) in [5.74, 6) is -0.425. The van der Waals surface area contributed by atoms with Gasteiger partial charge in [0.05, 0.1) is 4.92 Å². The van der Waals surface area contributed by atoms with Crippen molar-refractivity contribution in [1.82, 2.24) is 0 Å². The van der Waals surface area contributed by atoms with E-state index in [2.05, 4.69) is 5.32 Å². The molecule has 0 aliphatic carbocycles.